The molecule has 4 heteroatoms. The normalized spacial score (nSPS) is 12.3. The Balaban J connectivity index is 2.09. The average molecular weight is 293 g/mol. The Hall–Kier alpha value is -1.45. The molecule has 1 aromatic heterocycles. The SMILES string of the molecule is CCNC(Cc1ccccn1)Cc1ccc(Cl)cc1F. The number of nitrogens with zero attached hydrogens (tertiary/aromatic N) is 1. The molecule has 0 radical (unpaired) electrons. The number of aromatic nitrogens is 1. The molecule has 20 heavy (non-hydrogen) atoms. The van der Waals surface area contributed by atoms with Crippen LogP contribution in [0.4, 0.5) is 4.39 Å². The van der Waals surface area contributed by atoms with Crippen molar-refractivity contribution in [2.45, 2.75) is 25.8 Å². The summed E-state index contributed by atoms with van der Waals surface area (Å²) in [5.74, 6) is -0.249. The predicted octanol–water partition coefficient (Wildman–Crippen LogP) is 3.64. The van der Waals surface area contributed by atoms with E-state index in [0.717, 1.165) is 18.7 Å². The third-order valence-corrected chi connectivity index (χ3v) is 3.39. The van der Waals surface area contributed by atoms with Gasteiger partial charge in [0.2, 0.25) is 0 Å². The fraction of sp³-hybridized carbons (Fsp3) is 0.312. The third kappa shape index (κ3) is 4.29. The number of halogens is 2. The van der Waals surface area contributed by atoms with Crippen molar-refractivity contribution < 1.29 is 4.39 Å². The summed E-state index contributed by atoms with van der Waals surface area (Å²) in [7, 11) is 0. The van der Waals surface area contributed by atoms with E-state index in [1.807, 2.05) is 25.1 Å². The van der Waals surface area contributed by atoms with Crippen molar-refractivity contribution in [1.29, 1.82) is 0 Å². The first-order chi connectivity index (χ1) is 9.69. The Morgan fingerprint density at radius 2 is 2.10 bits per heavy atom. The van der Waals surface area contributed by atoms with Gasteiger partial charge in [0.15, 0.2) is 0 Å². The highest BCUT2D eigenvalue weighted by atomic mass is 35.5. The van der Waals surface area contributed by atoms with E-state index in [-0.39, 0.29) is 11.9 Å². The molecule has 0 saturated carbocycles. The van der Waals surface area contributed by atoms with Gasteiger partial charge >= 0.3 is 0 Å². The van der Waals surface area contributed by atoms with E-state index in [0.29, 0.717) is 17.0 Å². The zero-order valence-corrected chi connectivity index (χ0v) is 12.2. The molecule has 0 spiro atoms. The zero-order chi connectivity index (χ0) is 14.4. The van der Waals surface area contributed by atoms with E-state index < -0.39 is 0 Å². The average Bonchev–Trinajstić information content (AvgIpc) is 2.43. The van der Waals surface area contributed by atoms with E-state index in [1.54, 1.807) is 18.3 Å². The first-order valence-electron chi connectivity index (χ1n) is 6.76. The van der Waals surface area contributed by atoms with Crippen LogP contribution in [0.5, 0.6) is 0 Å². The number of hydrogen-bond acceptors (Lipinski definition) is 2. The topological polar surface area (TPSA) is 24.9 Å². The summed E-state index contributed by atoms with van der Waals surface area (Å²) in [6.07, 6.45) is 3.17. The molecule has 106 valence electrons. The van der Waals surface area contributed by atoms with E-state index in [2.05, 4.69) is 10.3 Å². The molecule has 1 aromatic carbocycles. The quantitative estimate of drug-likeness (QED) is 0.879. The first kappa shape index (κ1) is 14.9. The lowest BCUT2D eigenvalue weighted by Crippen LogP contribution is -2.33. The summed E-state index contributed by atoms with van der Waals surface area (Å²) in [6, 6.07) is 10.8. The van der Waals surface area contributed by atoms with Crippen LogP contribution in [0.2, 0.25) is 5.02 Å². The van der Waals surface area contributed by atoms with Gasteiger partial charge in [-0.05, 0) is 42.8 Å². The summed E-state index contributed by atoms with van der Waals surface area (Å²) in [5, 5.41) is 3.81. The van der Waals surface area contributed by atoms with Gasteiger partial charge < -0.3 is 5.32 Å². The fourth-order valence-electron chi connectivity index (χ4n) is 2.23. The second-order valence-electron chi connectivity index (χ2n) is 4.72. The maximum atomic E-state index is 13.9. The van der Waals surface area contributed by atoms with Gasteiger partial charge in [-0.3, -0.25) is 4.98 Å². The maximum Gasteiger partial charge on any atom is 0.127 e. The zero-order valence-electron chi connectivity index (χ0n) is 11.4. The molecule has 2 nitrogen and oxygen atoms in total. The maximum absolute atomic E-state index is 13.9. The molecule has 1 N–H and O–H groups in total. The molecule has 2 rings (SSSR count). The van der Waals surface area contributed by atoms with Crippen LogP contribution in [0.25, 0.3) is 0 Å². The highest BCUT2D eigenvalue weighted by molar-refractivity contribution is 6.30. The van der Waals surface area contributed by atoms with Crippen LogP contribution in [0.1, 0.15) is 18.2 Å². The molecule has 0 bridgehead atoms. The first-order valence-corrected chi connectivity index (χ1v) is 7.14. The highest BCUT2D eigenvalue weighted by Crippen LogP contribution is 2.17. The van der Waals surface area contributed by atoms with Crippen LogP contribution in [0.3, 0.4) is 0 Å². The molecule has 0 saturated heterocycles. The molecule has 0 aliphatic carbocycles. The minimum Gasteiger partial charge on any atom is -0.314 e. The highest BCUT2D eigenvalue weighted by Gasteiger charge is 2.13. The predicted molar refractivity (Wildman–Crippen MR) is 80.5 cm³/mol. The third-order valence-electron chi connectivity index (χ3n) is 3.16. The van der Waals surface area contributed by atoms with Gasteiger partial charge in [-0.1, -0.05) is 30.7 Å². The molecule has 0 aliphatic heterocycles. The Morgan fingerprint density at radius 3 is 2.75 bits per heavy atom. The molecule has 0 aliphatic rings. The molecule has 1 atom stereocenters. The van der Waals surface area contributed by atoms with Crippen LogP contribution < -0.4 is 5.32 Å². The molecule has 1 unspecified atom stereocenters. The summed E-state index contributed by atoms with van der Waals surface area (Å²) >= 11 is 5.78. The second-order valence-corrected chi connectivity index (χ2v) is 5.16. The van der Waals surface area contributed by atoms with Crippen molar-refractivity contribution in [1.82, 2.24) is 10.3 Å². The Kier molecular flexibility index (Phi) is 5.50. The fourth-order valence-corrected chi connectivity index (χ4v) is 2.39. The monoisotopic (exact) mass is 292 g/mol. The second kappa shape index (κ2) is 7.36. The Labute approximate surface area is 124 Å². The van der Waals surface area contributed by atoms with Crippen molar-refractivity contribution in [3.8, 4) is 0 Å². The summed E-state index contributed by atoms with van der Waals surface area (Å²) in [4.78, 5) is 4.32. The van der Waals surface area contributed by atoms with Crippen LogP contribution in [0, 0.1) is 5.82 Å². The van der Waals surface area contributed by atoms with Gasteiger partial charge in [-0.15, -0.1) is 0 Å². The van der Waals surface area contributed by atoms with Crippen molar-refractivity contribution in [3.05, 3.63) is 64.7 Å². The van der Waals surface area contributed by atoms with Gasteiger partial charge in [0.05, 0.1) is 0 Å². The van der Waals surface area contributed by atoms with E-state index in [4.69, 9.17) is 11.6 Å². The number of rotatable bonds is 6. The van der Waals surface area contributed by atoms with Crippen molar-refractivity contribution >= 4 is 11.6 Å². The Bertz CT molecular complexity index is 545. The van der Waals surface area contributed by atoms with Crippen molar-refractivity contribution in [2.24, 2.45) is 0 Å². The lowest BCUT2D eigenvalue weighted by Gasteiger charge is -2.18. The molecular weight excluding hydrogens is 275 g/mol. The molecule has 1 heterocycles. The van der Waals surface area contributed by atoms with Gasteiger partial charge in [0, 0.05) is 29.4 Å². The van der Waals surface area contributed by atoms with Crippen LogP contribution in [0.15, 0.2) is 42.6 Å². The molecule has 0 amide bonds. The van der Waals surface area contributed by atoms with E-state index >= 15 is 0 Å². The van der Waals surface area contributed by atoms with Crippen molar-refractivity contribution in [2.75, 3.05) is 6.54 Å². The summed E-state index contributed by atoms with van der Waals surface area (Å²) < 4.78 is 13.9. The van der Waals surface area contributed by atoms with Gasteiger partial charge in [-0.25, -0.2) is 4.39 Å². The largest absolute Gasteiger partial charge is 0.314 e. The molecule has 2 aromatic rings. The van der Waals surface area contributed by atoms with Crippen LogP contribution in [-0.2, 0) is 12.8 Å². The molecular formula is C16H18ClFN2. The van der Waals surface area contributed by atoms with Crippen LogP contribution in [-0.4, -0.2) is 17.6 Å². The van der Waals surface area contributed by atoms with E-state index in [1.165, 1.54) is 6.07 Å². The molecule has 0 fully saturated rings. The van der Waals surface area contributed by atoms with Crippen molar-refractivity contribution in [3.63, 3.8) is 0 Å². The lowest BCUT2D eigenvalue weighted by molar-refractivity contribution is 0.502. The summed E-state index contributed by atoms with van der Waals surface area (Å²) in [6.45, 7) is 2.89. The number of nitrogens with one attached hydrogen (secondary N) is 1. The van der Waals surface area contributed by atoms with E-state index in [9.17, 15) is 4.39 Å². The standard InChI is InChI=1S/C16H18ClFN2/c1-2-19-15(11-14-5-3-4-8-20-14)9-12-6-7-13(17)10-16(12)18/h3-8,10,15,19H,2,9,11H2,1H3. The number of pyridine rings is 1. The minimum absolute atomic E-state index is 0.158. The Morgan fingerprint density at radius 1 is 1.25 bits per heavy atom. The number of benzene rings is 1. The van der Waals surface area contributed by atoms with Gasteiger partial charge in [-0.2, -0.15) is 0 Å². The lowest BCUT2D eigenvalue weighted by atomic mass is 10.0. The van der Waals surface area contributed by atoms with Gasteiger partial charge in [0.25, 0.3) is 0 Å². The van der Waals surface area contributed by atoms with Crippen LogP contribution >= 0.6 is 11.6 Å². The number of likely N-dealkylation sites (N-methyl/N-ethyl adjacent to an activating group) is 1. The summed E-state index contributed by atoms with van der Waals surface area (Å²) in [5.41, 5.74) is 1.68. The van der Waals surface area contributed by atoms with Gasteiger partial charge in [0.1, 0.15) is 5.82 Å². The number of hydrogen-bond donors (Lipinski definition) is 1. The smallest absolute Gasteiger partial charge is 0.127 e. The minimum atomic E-state index is -0.249.